The lowest BCUT2D eigenvalue weighted by Gasteiger charge is -1.90. The molecule has 0 bridgehead atoms. The molecule has 0 rings (SSSR count). The molecule has 4 nitrogen and oxygen atoms in total. The van der Waals surface area contributed by atoms with Crippen LogP contribution in [0.25, 0.3) is 0 Å². The number of ether oxygens (including phenoxy) is 1. The van der Waals surface area contributed by atoms with Gasteiger partial charge in [0.15, 0.2) is 5.11 Å². The largest absolute Gasteiger partial charge is 0.469 e. The molecule has 0 spiro atoms. The van der Waals surface area contributed by atoms with Crippen molar-refractivity contribution in [3.63, 3.8) is 0 Å². The molecule has 0 aliphatic carbocycles. The van der Waals surface area contributed by atoms with Gasteiger partial charge in [-0.05, 0) is 12.2 Å². The van der Waals surface area contributed by atoms with Crippen LogP contribution >= 0.6 is 12.2 Å². The first-order valence-electron chi connectivity index (χ1n) is 2.55. The normalized spacial score (nSPS) is 9.70. The minimum absolute atomic E-state index is 0.0175. The summed E-state index contributed by atoms with van der Waals surface area (Å²) in [6.45, 7) is 0. The number of aliphatic imine (C=N–C) groups is 1. The van der Waals surface area contributed by atoms with Crippen molar-refractivity contribution in [1.82, 2.24) is 0 Å². The van der Waals surface area contributed by atoms with Gasteiger partial charge >= 0.3 is 5.97 Å². The lowest BCUT2D eigenvalue weighted by molar-refractivity contribution is -0.139. The van der Waals surface area contributed by atoms with Crippen LogP contribution in [0.4, 0.5) is 0 Å². The number of nitrogens with zero attached hydrogens (tertiary/aromatic N) is 1. The van der Waals surface area contributed by atoms with E-state index in [0.29, 0.717) is 0 Å². The van der Waals surface area contributed by atoms with Crippen LogP contribution in [-0.4, -0.2) is 24.4 Å². The molecule has 5 heteroatoms. The Morgan fingerprint density at radius 3 is 2.90 bits per heavy atom. The molecule has 0 aliphatic rings. The number of rotatable bonds is 2. The van der Waals surface area contributed by atoms with E-state index in [1.807, 2.05) is 0 Å². The maximum Gasteiger partial charge on any atom is 0.310 e. The Labute approximate surface area is 64.1 Å². The summed E-state index contributed by atoms with van der Waals surface area (Å²) in [5, 5.41) is 0.0175. The molecule has 0 atom stereocenters. The summed E-state index contributed by atoms with van der Waals surface area (Å²) in [7, 11) is 1.30. The molecule has 0 aliphatic heterocycles. The highest BCUT2D eigenvalue weighted by Gasteiger charge is 1.93. The Kier molecular flexibility index (Phi) is 4.39. The van der Waals surface area contributed by atoms with Gasteiger partial charge in [-0.25, -0.2) is 4.99 Å². The molecule has 0 radical (unpaired) electrons. The molecule has 2 N–H and O–H groups in total. The molecular formula is C5H8N2O2S. The van der Waals surface area contributed by atoms with E-state index in [1.165, 1.54) is 13.3 Å². The average molecular weight is 160 g/mol. The molecule has 0 fully saturated rings. The zero-order valence-electron chi connectivity index (χ0n) is 5.53. The summed E-state index contributed by atoms with van der Waals surface area (Å²) in [5.41, 5.74) is 5.00. The highest BCUT2D eigenvalue weighted by atomic mass is 32.1. The lowest BCUT2D eigenvalue weighted by atomic mass is 10.5. The van der Waals surface area contributed by atoms with Gasteiger partial charge < -0.3 is 10.5 Å². The Balaban J connectivity index is 3.53. The Bertz CT molecular complexity index is 167. The van der Waals surface area contributed by atoms with Crippen molar-refractivity contribution in [3.8, 4) is 0 Å². The Hall–Kier alpha value is -0.970. The predicted molar refractivity (Wildman–Crippen MR) is 41.9 cm³/mol. The zero-order valence-corrected chi connectivity index (χ0v) is 6.35. The molecule has 0 aromatic carbocycles. The van der Waals surface area contributed by atoms with Gasteiger partial charge in [-0.15, -0.1) is 0 Å². The fourth-order valence-electron chi connectivity index (χ4n) is 0.293. The van der Waals surface area contributed by atoms with Crippen LogP contribution in [-0.2, 0) is 9.53 Å². The molecule has 0 aromatic rings. The number of carbonyl (C=O) groups excluding carboxylic acids is 1. The topological polar surface area (TPSA) is 64.7 Å². The second-order valence-corrected chi connectivity index (χ2v) is 1.85. The van der Waals surface area contributed by atoms with Crippen molar-refractivity contribution < 1.29 is 9.53 Å². The molecule has 0 amide bonds. The van der Waals surface area contributed by atoms with Crippen LogP contribution < -0.4 is 5.73 Å². The van der Waals surface area contributed by atoms with Gasteiger partial charge in [0.1, 0.15) is 0 Å². The van der Waals surface area contributed by atoms with Crippen LogP contribution in [0.15, 0.2) is 4.99 Å². The van der Waals surface area contributed by atoms with E-state index >= 15 is 0 Å². The lowest BCUT2D eigenvalue weighted by Crippen LogP contribution is -2.06. The highest BCUT2D eigenvalue weighted by molar-refractivity contribution is 7.80. The molecule has 0 aromatic heterocycles. The number of hydrogen-bond donors (Lipinski definition) is 1. The van der Waals surface area contributed by atoms with E-state index < -0.39 is 0 Å². The maximum atomic E-state index is 10.4. The SMILES string of the molecule is COC(=O)CC=NC(N)=S. The quantitative estimate of drug-likeness (QED) is 0.347. The van der Waals surface area contributed by atoms with Gasteiger partial charge in [-0.1, -0.05) is 0 Å². The van der Waals surface area contributed by atoms with Crippen molar-refractivity contribution in [2.75, 3.05) is 7.11 Å². The van der Waals surface area contributed by atoms with E-state index in [-0.39, 0.29) is 17.5 Å². The molecule has 0 saturated heterocycles. The Morgan fingerprint density at radius 2 is 2.50 bits per heavy atom. The van der Waals surface area contributed by atoms with E-state index in [0.717, 1.165) is 0 Å². The van der Waals surface area contributed by atoms with Crippen molar-refractivity contribution in [2.24, 2.45) is 10.7 Å². The number of esters is 1. The van der Waals surface area contributed by atoms with Crippen molar-refractivity contribution in [2.45, 2.75) is 6.42 Å². The molecule has 0 unspecified atom stereocenters. The van der Waals surface area contributed by atoms with E-state index in [9.17, 15) is 4.79 Å². The predicted octanol–water partition coefficient (Wildman–Crippen LogP) is -0.136. The number of nitrogens with two attached hydrogens (primary N) is 1. The highest BCUT2D eigenvalue weighted by Crippen LogP contribution is 1.79. The van der Waals surface area contributed by atoms with Crippen LogP contribution in [0.3, 0.4) is 0 Å². The van der Waals surface area contributed by atoms with Crippen molar-refractivity contribution in [3.05, 3.63) is 0 Å². The molecule has 0 saturated carbocycles. The molecule has 0 heterocycles. The number of methoxy groups -OCH3 is 1. The van der Waals surface area contributed by atoms with Gasteiger partial charge in [0.2, 0.25) is 0 Å². The van der Waals surface area contributed by atoms with Crippen LogP contribution in [0.5, 0.6) is 0 Å². The van der Waals surface area contributed by atoms with Gasteiger partial charge in [0.05, 0.1) is 13.5 Å². The monoisotopic (exact) mass is 160 g/mol. The smallest absolute Gasteiger partial charge is 0.310 e. The summed E-state index contributed by atoms with van der Waals surface area (Å²) in [6.07, 6.45) is 1.42. The fourth-order valence-corrected chi connectivity index (χ4v) is 0.368. The summed E-state index contributed by atoms with van der Waals surface area (Å²) in [5.74, 6) is -0.361. The van der Waals surface area contributed by atoms with Crippen LogP contribution in [0.1, 0.15) is 6.42 Å². The Morgan fingerprint density at radius 1 is 1.90 bits per heavy atom. The van der Waals surface area contributed by atoms with Gasteiger partial charge in [0, 0.05) is 6.21 Å². The zero-order chi connectivity index (χ0) is 7.98. The third-order valence-electron chi connectivity index (χ3n) is 0.704. The minimum Gasteiger partial charge on any atom is -0.469 e. The van der Waals surface area contributed by atoms with Crippen LogP contribution in [0, 0.1) is 0 Å². The van der Waals surface area contributed by atoms with Gasteiger partial charge in [0.25, 0.3) is 0 Å². The number of carbonyl (C=O) groups is 1. The first kappa shape index (κ1) is 9.03. The van der Waals surface area contributed by atoms with Gasteiger partial charge in [-0.3, -0.25) is 4.79 Å². The van der Waals surface area contributed by atoms with Crippen LogP contribution in [0.2, 0.25) is 0 Å². The van der Waals surface area contributed by atoms with E-state index in [1.54, 1.807) is 0 Å². The summed E-state index contributed by atoms with van der Waals surface area (Å²) >= 11 is 4.41. The van der Waals surface area contributed by atoms with Crippen molar-refractivity contribution in [1.29, 1.82) is 0 Å². The van der Waals surface area contributed by atoms with E-state index in [4.69, 9.17) is 5.73 Å². The minimum atomic E-state index is -0.361. The summed E-state index contributed by atoms with van der Waals surface area (Å²) < 4.78 is 4.32. The fraction of sp³-hybridized carbons (Fsp3) is 0.400. The second kappa shape index (κ2) is 4.87. The number of hydrogen-bond acceptors (Lipinski definition) is 3. The molecule has 56 valence electrons. The van der Waals surface area contributed by atoms with Gasteiger partial charge in [-0.2, -0.15) is 0 Å². The van der Waals surface area contributed by atoms with E-state index in [2.05, 4.69) is 21.9 Å². The summed E-state index contributed by atoms with van der Waals surface area (Å²) in [4.78, 5) is 13.9. The number of thiocarbonyl (C=S) groups is 1. The standard InChI is InChI=1S/C5H8N2O2S/c1-9-4(8)2-3-7-5(6)10/h3H,2H2,1H3,(H2,6,10). The first-order valence-corrected chi connectivity index (χ1v) is 2.96. The third kappa shape index (κ3) is 5.17. The average Bonchev–Trinajstić information content (AvgIpc) is 1.87. The summed E-state index contributed by atoms with van der Waals surface area (Å²) in [6, 6.07) is 0. The molecule has 10 heavy (non-hydrogen) atoms. The third-order valence-corrected chi connectivity index (χ3v) is 0.810. The molecular weight excluding hydrogens is 152 g/mol. The second-order valence-electron chi connectivity index (χ2n) is 1.43. The first-order chi connectivity index (χ1) is 4.66. The maximum absolute atomic E-state index is 10.4. The van der Waals surface area contributed by atoms with Crippen molar-refractivity contribution >= 4 is 29.5 Å².